The molecule has 184 valence electrons. The molecule has 1 heterocycles. The van der Waals surface area contributed by atoms with Crippen LogP contribution in [0, 0.1) is 13.8 Å². The number of carbonyl (C=O) groups excluding carboxylic acids is 1. The first-order valence-electron chi connectivity index (χ1n) is 10.3. The van der Waals surface area contributed by atoms with E-state index < -0.39 is 10.0 Å². The molecular weight excluding hydrogens is 490 g/mol. The molecule has 3 aromatic rings. The number of aryl methyl sites for hydroxylation is 2. The molecule has 0 aliphatic heterocycles. The van der Waals surface area contributed by atoms with Crippen LogP contribution in [0.25, 0.3) is 6.08 Å². The van der Waals surface area contributed by atoms with Crippen LogP contribution >= 0.6 is 11.3 Å². The minimum atomic E-state index is -3.92. The molecule has 4 N–H and O–H groups in total. The Bertz CT molecular complexity index is 1380. The number of hydrazone groups is 1. The molecule has 0 unspecified atom stereocenters. The van der Waals surface area contributed by atoms with Crippen LogP contribution in [-0.2, 0) is 14.8 Å². The molecular formula is C23H25N5O5S2. The Labute approximate surface area is 207 Å². The summed E-state index contributed by atoms with van der Waals surface area (Å²) < 4.78 is 30.7. The first-order chi connectivity index (χ1) is 16.6. The van der Waals surface area contributed by atoms with Gasteiger partial charge in [0.1, 0.15) is 5.71 Å². The number of allylic oxidation sites excluding steroid dienone is 1. The van der Waals surface area contributed by atoms with Crippen LogP contribution in [0.4, 0.5) is 5.13 Å². The number of phenols is 1. The van der Waals surface area contributed by atoms with E-state index in [1.807, 2.05) is 6.92 Å². The molecule has 1 amide bonds. The van der Waals surface area contributed by atoms with Crippen molar-refractivity contribution in [2.24, 2.45) is 5.10 Å². The van der Waals surface area contributed by atoms with Crippen molar-refractivity contribution in [3.8, 4) is 11.5 Å². The number of hydrogen-bond donors (Lipinski definition) is 4. The molecule has 0 aliphatic rings. The Kier molecular flexibility index (Phi) is 8.10. The van der Waals surface area contributed by atoms with E-state index in [-0.39, 0.29) is 16.6 Å². The summed E-state index contributed by atoms with van der Waals surface area (Å²) in [6, 6.07) is 11.2. The monoisotopic (exact) mass is 515 g/mol. The number of aromatic nitrogens is 1. The summed E-state index contributed by atoms with van der Waals surface area (Å²) in [5.74, 6) is -0.00168. The minimum absolute atomic E-state index is 0.00335. The van der Waals surface area contributed by atoms with Gasteiger partial charge in [0.2, 0.25) is 11.0 Å². The minimum Gasteiger partial charge on any atom is -0.504 e. The van der Waals surface area contributed by atoms with Gasteiger partial charge in [-0.2, -0.15) is 18.4 Å². The van der Waals surface area contributed by atoms with Crippen LogP contribution in [0.3, 0.4) is 0 Å². The van der Waals surface area contributed by atoms with E-state index in [0.717, 1.165) is 5.56 Å². The van der Waals surface area contributed by atoms with E-state index in [4.69, 9.17) is 4.74 Å². The SMILES string of the molecule is COc1cc(C=CC(=NNS(=O)(=O)c2ccc(C)cc2)c2sc(NNC(C)=O)nc2C)ccc1O. The van der Waals surface area contributed by atoms with E-state index in [1.54, 1.807) is 43.3 Å². The molecule has 0 spiro atoms. The summed E-state index contributed by atoms with van der Waals surface area (Å²) in [7, 11) is -2.48. The highest BCUT2D eigenvalue weighted by Gasteiger charge is 2.16. The Morgan fingerprint density at radius 1 is 1.17 bits per heavy atom. The molecule has 0 atom stereocenters. The Morgan fingerprint density at radius 3 is 2.54 bits per heavy atom. The Balaban J connectivity index is 1.98. The zero-order valence-corrected chi connectivity index (χ0v) is 21.1. The maximum atomic E-state index is 12.8. The lowest BCUT2D eigenvalue weighted by Crippen LogP contribution is -2.26. The summed E-state index contributed by atoms with van der Waals surface area (Å²) in [6.07, 6.45) is 3.31. The number of nitrogens with one attached hydrogen (secondary N) is 3. The first kappa shape index (κ1) is 25.7. The van der Waals surface area contributed by atoms with Gasteiger partial charge < -0.3 is 9.84 Å². The second-order valence-electron chi connectivity index (χ2n) is 7.41. The number of methoxy groups -OCH3 is 1. The zero-order valence-electron chi connectivity index (χ0n) is 19.5. The van der Waals surface area contributed by atoms with Crippen LogP contribution in [-0.4, -0.2) is 37.2 Å². The van der Waals surface area contributed by atoms with E-state index in [0.29, 0.717) is 32.7 Å². The first-order valence-corrected chi connectivity index (χ1v) is 12.6. The number of aromatic hydroxyl groups is 1. The van der Waals surface area contributed by atoms with Gasteiger partial charge in [-0.3, -0.25) is 15.6 Å². The summed E-state index contributed by atoms with van der Waals surface area (Å²) in [4.78, 5) is 18.5. The number of phenolic OH excluding ortho intramolecular Hbond substituents is 1. The van der Waals surface area contributed by atoms with Gasteiger partial charge in [0, 0.05) is 6.92 Å². The van der Waals surface area contributed by atoms with Crippen molar-refractivity contribution in [1.29, 1.82) is 0 Å². The highest BCUT2D eigenvalue weighted by Crippen LogP contribution is 2.28. The number of benzene rings is 2. The van der Waals surface area contributed by atoms with Crippen molar-refractivity contribution in [2.45, 2.75) is 25.7 Å². The summed E-state index contributed by atoms with van der Waals surface area (Å²) in [6.45, 7) is 4.96. The topological polar surface area (TPSA) is 142 Å². The van der Waals surface area contributed by atoms with Gasteiger partial charge in [0.05, 0.1) is 22.6 Å². The summed E-state index contributed by atoms with van der Waals surface area (Å²) >= 11 is 1.18. The number of amides is 1. The molecule has 35 heavy (non-hydrogen) atoms. The fourth-order valence-electron chi connectivity index (χ4n) is 2.85. The fourth-order valence-corrected chi connectivity index (χ4v) is 4.55. The van der Waals surface area contributed by atoms with Gasteiger partial charge in [-0.15, -0.1) is 0 Å². The van der Waals surface area contributed by atoms with Crippen LogP contribution in [0.5, 0.6) is 11.5 Å². The van der Waals surface area contributed by atoms with Crippen molar-refractivity contribution >= 4 is 44.2 Å². The van der Waals surface area contributed by atoms with Gasteiger partial charge in [-0.25, -0.2) is 4.98 Å². The molecule has 1 aromatic heterocycles. The number of nitrogens with zero attached hydrogens (tertiary/aromatic N) is 2. The lowest BCUT2D eigenvalue weighted by Gasteiger charge is -2.06. The van der Waals surface area contributed by atoms with Crippen molar-refractivity contribution in [1.82, 2.24) is 15.2 Å². The van der Waals surface area contributed by atoms with E-state index >= 15 is 0 Å². The fraction of sp³-hybridized carbons (Fsp3) is 0.174. The number of hydrazine groups is 1. The molecule has 0 aliphatic carbocycles. The van der Waals surface area contributed by atoms with E-state index in [2.05, 4.69) is 25.8 Å². The van der Waals surface area contributed by atoms with Crippen molar-refractivity contribution in [2.75, 3.05) is 12.5 Å². The second kappa shape index (κ2) is 11.0. The molecule has 0 saturated carbocycles. The van der Waals surface area contributed by atoms with Crippen LogP contribution in [0.15, 0.2) is 58.5 Å². The lowest BCUT2D eigenvalue weighted by atomic mass is 10.1. The molecule has 0 radical (unpaired) electrons. The van der Waals surface area contributed by atoms with Crippen molar-refractivity contribution in [3.63, 3.8) is 0 Å². The number of ether oxygens (including phenoxy) is 1. The Hall–Kier alpha value is -3.90. The molecule has 0 bridgehead atoms. The highest BCUT2D eigenvalue weighted by molar-refractivity contribution is 7.89. The molecule has 0 fully saturated rings. The highest BCUT2D eigenvalue weighted by atomic mass is 32.2. The van der Waals surface area contributed by atoms with Crippen LogP contribution in [0.1, 0.15) is 28.6 Å². The van der Waals surface area contributed by atoms with Gasteiger partial charge in [0.15, 0.2) is 11.5 Å². The maximum absolute atomic E-state index is 12.8. The molecule has 12 heteroatoms. The van der Waals surface area contributed by atoms with Crippen molar-refractivity contribution in [3.05, 3.63) is 70.2 Å². The predicted octanol–water partition coefficient (Wildman–Crippen LogP) is 3.33. The van der Waals surface area contributed by atoms with Crippen molar-refractivity contribution < 1.29 is 23.1 Å². The second-order valence-corrected chi connectivity index (χ2v) is 10.1. The van der Waals surface area contributed by atoms with Gasteiger partial charge in [-0.05, 0) is 49.8 Å². The third kappa shape index (κ3) is 6.80. The molecule has 3 rings (SSSR count). The number of hydrogen-bond acceptors (Lipinski definition) is 9. The largest absolute Gasteiger partial charge is 0.504 e. The van der Waals surface area contributed by atoms with E-state index in [1.165, 1.54) is 43.6 Å². The quantitative estimate of drug-likeness (QED) is 0.253. The van der Waals surface area contributed by atoms with Crippen LogP contribution < -0.4 is 20.4 Å². The summed E-state index contributed by atoms with van der Waals surface area (Å²) in [5, 5.41) is 14.4. The zero-order chi connectivity index (χ0) is 25.6. The number of sulfonamides is 1. The molecule has 2 aromatic carbocycles. The number of rotatable bonds is 9. The molecule has 10 nitrogen and oxygen atoms in total. The maximum Gasteiger partial charge on any atom is 0.276 e. The Morgan fingerprint density at radius 2 is 1.89 bits per heavy atom. The summed E-state index contributed by atoms with van der Waals surface area (Å²) in [5.41, 5.74) is 7.64. The average molecular weight is 516 g/mol. The number of anilines is 1. The molecule has 0 saturated heterocycles. The smallest absolute Gasteiger partial charge is 0.276 e. The predicted molar refractivity (Wildman–Crippen MR) is 136 cm³/mol. The van der Waals surface area contributed by atoms with Gasteiger partial charge in [-0.1, -0.05) is 41.2 Å². The van der Waals surface area contributed by atoms with Gasteiger partial charge >= 0.3 is 0 Å². The average Bonchev–Trinajstić information content (AvgIpc) is 3.19. The standard InChI is InChI=1S/C23H25N5O5S2/c1-14-5-9-18(10-6-14)35(31,32)28-26-19(11-7-17-8-12-20(30)21(13-17)33-4)22-15(2)24-23(34-22)27-25-16(3)29/h5-13,28,30H,1-4H3,(H,24,27)(H,25,29). The lowest BCUT2D eigenvalue weighted by molar-refractivity contribution is -0.118. The van der Waals surface area contributed by atoms with E-state index in [9.17, 15) is 18.3 Å². The van der Waals surface area contributed by atoms with Crippen LogP contribution in [0.2, 0.25) is 0 Å². The van der Waals surface area contributed by atoms with Gasteiger partial charge in [0.25, 0.3) is 10.0 Å². The third-order valence-electron chi connectivity index (χ3n) is 4.63. The number of carbonyl (C=O) groups is 1. The normalized spacial score (nSPS) is 11.9. The number of thiazole rings is 1. The third-order valence-corrected chi connectivity index (χ3v) is 6.95.